The summed E-state index contributed by atoms with van der Waals surface area (Å²) < 4.78 is 11.5. The number of nitrogens with zero attached hydrogens (tertiary/aromatic N) is 1. The number of benzene rings is 1. The molecule has 3 aromatic rings. The van der Waals surface area contributed by atoms with Crippen LogP contribution in [-0.4, -0.2) is 4.98 Å². The van der Waals surface area contributed by atoms with Gasteiger partial charge in [0.05, 0.1) is 16.1 Å². The molecule has 2 aromatic heterocycles. The van der Waals surface area contributed by atoms with Crippen LogP contribution in [0.3, 0.4) is 0 Å². The van der Waals surface area contributed by atoms with Crippen LogP contribution in [0.1, 0.15) is 21.9 Å². The maximum Gasteiger partial charge on any atom is 0.137 e. The molecule has 98 valence electrons. The number of hydrogen-bond donors (Lipinski definition) is 0. The van der Waals surface area contributed by atoms with Gasteiger partial charge in [-0.3, -0.25) is 0 Å². The molecule has 0 saturated heterocycles. The summed E-state index contributed by atoms with van der Waals surface area (Å²) in [6.45, 7) is 6.57. The van der Waals surface area contributed by atoms with Gasteiger partial charge in [-0.25, -0.2) is 4.98 Å². The molecular weight excluding hydrogens is 258 g/mol. The van der Waals surface area contributed by atoms with Gasteiger partial charge >= 0.3 is 0 Å². The zero-order valence-electron chi connectivity index (χ0n) is 11.2. The smallest absolute Gasteiger partial charge is 0.137 e. The van der Waals surface area contributed by atoms with Crippen molar-refractivity contribution in [3.8, 4) is 5.75 Å². The molecular formula is C15H15NO2S. The molecule has 0 radical (unpaired) electrons. The predicted octanol–water partition coefficient (Wildman–Crippen LogP) is 4.39. The lowest BCUT2D eigenvalue weighted by Crippen LogP contribution is -1.95. The molecule has 1 aromatic carbocycles. The van der Waals surface area contributed by atoms with Crippen LogP contribution in [0.5, 0.6) is 5.75 Å². The zero-order valence-corrected chi connectivity index (χ0v) is 12.0. The second kappa shape index (κ2) is 4.70. The monoisotopic (exact) mass is 273 g/mol. The van der Waals surface area contributed by atoms with Gasteiger partial charge in [0.25, 0.3) is 0 Å². The third kappa shape index (κ3) is 2.36. The predicted molar refractivity (Wildman–Crippen MR) is 76.9 cm³/mol. The largest absolute Gasteiger partial charge is 0.488 e. The molecule has 0 fully saturated rings. The van der Waals surface area contributed by atoms with Gasteiger partial charge in [0.15, 0.2) is 0 Å². The standard InChI is InChI=1S/C15H15NO2S/c1-9-4-13(6-12-5-10(2)18-15(9)12)17-7-14-11(3)16-8-19-14/h4-6,8H,7H2,1-3H3. The van der Waals surface area contributed by atoms with E-state index in [1.807, 2.05) is 44.5 Å². The van der Waals surface area contributed by atoms with Crippen LogP contribution in [-0.2, 0) is 6.61 Å². The van der Waals surface area contributed by atoms with E-state index < -0.39 is 0 Å². The van der Waals surface area contributed by atoms with Crippen LogP contribution in [0.4, 0.5) is 0 Å². The number of hydrogen-bond acceptors (Lipinski definition) is 4. The first-order chi connectivity index (χ1) is 9.13. The Kier molecular flexibility index (Phi) is 3.03. The van der Waals surface area contributed by atoms with Gasteiger partial charge in [0.2, 0.25) is 0 Å². The SMILES string of the molecule is Cc1cc2cc(OCc3scnc3C)cc(C)c2o1. The van der Waals surface area contributed by atoms with Crippen LogP contribution < -0.4 is 4.74 Å². The summed E-state index contributed by atoms with van der Waals surface area (Å²) in [5.41, 5.74) is 4.93. The second-order valence-electron chi connectivity index (χ2n) is 4.67. The second-order valence-corrected chi connectivity index (χ2v) is 5.60. The number of rotatable bonds is 3. The molecule has 0 atom stereocenters. The van der Waals surface area contributed by atoms with E-state index in [9.17, 15) is 0 Å². The number of ether oxygens (including phenoxy) is 1. The van der Waals surface area contributed by atoms with Crippen LogP contribution in [0, 0.1) is 20.8 Å². The highest BCUT2D eigenvalue weighted by molar-refractivity contribution is 7.09. The minimum atomic E-state index is 0.568. The highest BCUT2D eigenvalue weighted by atomic mass is 32.1. The van der Waals surface area contributed by atoms with Crippen molar-refractivity contribution >= 4 is 22.3 Å². The fourth-order valence-electron chi connectivity index (χ4n) is 2.12. The summed E-state index contributed by atoms with van der Waals surface area (Å²) in [5, 5.41) is 1.09. The van der Waals surface area contributed by atoms with E-state index in [1.54, 1.807) is 11.3 Å². The summed E-state index contributed by atoms with van der Waals surface area (Å²) in [7, 11) is 0. The third-order valence-corrected chi connectivity index (χ3v) is 4.02. The average molecular weight is 273 g/mol. The molecule has 3 rings (SSSR count). The summed E-state index contributed by atoms with van der Waals surface area (Å²) >= 11 is 1.63. The van der Waals surface area contributed by atoms with Gasteiger partial charge < -0.3 is 9.15 Å². The molecule has 0 aliphatic rings. The Bertz CT molecular complexity index is 727. The van der Waals surface area contributed by atoms with E-state index >= 15 is 0 Å². The molecule has 19 heavy (non-hydrogen) atoms. The highest BCUT2D eigenvalue weighted by Gasteiger charge is 2.08. The Balaban J connectivity index is 1.87. The Labute approximate surface area is 115 Å². The lowest BCUT2D eigenvalue weighted by Gasteiger charge is -2.06. The Hall–Kier alpha value is -1.81. The van der Waals surface area contributed by atoms with Gasteiger partial charge in [-0.2, -0.15) is 0 Å². The normalized spacial score (nSPS) is 11.1. The van der Waals surface area contributed by atoms with Crippen molar-refractivity contribution in [2.24, 2.45) is 0 Å². The van der Waals surface area contributed by atoms with Crippen LogP contribution in [0.15, 0.2) is 28.1 Å². The fourth-order valence-corrected chi connectivity index (χ4v) is 2.81. The van der Waals surface area contributed by atoms with Crippen LogP contribution >= 0.6 is 11.3 Å². The number of aryl methyl sites for hydroxylation is 3. The van der Waals surface area contributed by atoms with E-state index in [1.165, 1.54) is 4.88 Å². The van der Waals surface area contributed by atoms with Crippen LogP contribution in [0.25, 0.3) is 11.0 Å². The van der Waals surface area contributed by atoms with Crippen molar-refractivity contribution in [3.63, 3.8) is 0 Å². The zero-order chi connectivity index (χ0) is 13.4. The Morgan fingerprint density at radius 1 is 1.21 bits per heavy atom. The maximum atomic E-state index is 5.86. The topological polar surface area (TPSA) is 35.3 Å². The molecule has 3 nitrogen and oxygen atoms in total. The van der Waals surface area contributed by atoms with Gasteiger partial charge in [0.1, 0.15) is 23.7 Å². The van der Waals surface area contributed by atoms with Crippen molar-refractivity contribution in [2.45, 2.75) is 27.4 Å². The summed E-state index contributed by atoms with van der Waals surface area (Å²) in [5.74, 6) is 1.80. The Morgan fingerprint density at radius 3 is 2.79 bits per heavy atom. The van der Waals surface area contributed by atoms with E-state index in [0.29, 0.717) is 6.61 Å². The first-order valence-electron chi connectivity index (χ1n) is 6.16. The molecule has 0 spiro atoms. The summed E-state index contributed by atoms with van der Waals surface area (Å²) in [4.78, 5) is 5.39. The third-order valence-electron chi connectivity index (χ3n) is 3.11. The molecule has 0 N–H and O–H groups in total. The first-order valence-corrected chi connectivity index (χ1v) is 7.04. The van der Waals surface area contributed by atoms with E-state index in [0.717, 1.165) is 33.7 Å². The number of thiazole rings is 1. The maximum absolute atomic E-state index is 5.86. The lowest BCUT2D eigenvalue weighted by molar-refractivity contribution is 0.309. The molecule has 2 heterocycles. The van der Waals surface area contributed by atoms with Crippen molar-refractivity contribution in [1.82, 2.24) is 4.98 Å². The summed E-state index contributed by atoms with van der Waals surface area (Å²) in [6, 6.07) is 6.07. The van der Waals surface area contributed by atoms with Crippen molar-refractivity contribution in [3.05, 3.63) is 45.6 Å². The van der Waals surface area contributed by atoms with E-state index in [-0.39, 0.29) is 0 Å². The number of furan rings is 1. The molecule has 4 heteroatoms. The van der Waals surface area contributed by atoms with Crippen molar-refractivity contribution < 1.29 is 9.15 Å². The molecule has 0 saturated carbocycles. The van der Waals surface area contributed by atoms with E-state index in [4.69, 9.17) is 9.15 Å². The minimum absolute atomic E-state index is 0.568. The fraction of sp³-hybridized carbons (Fsp3) is 0.267. The molecule has 0 aliphatic heterocycles. The van der Waals surface area contributed by atoms with Gasteiger partial charge in [-0.1, -0.05) is 0 Å². The average Bonchev–Trinajstić information content (AvgIpc) is 2.92. The quantitative estimate of drug-likeness (QED) is 0.709. The van der Waals surface area contributed by atoms with Gasteiger partial charge in [0, 0.05) is 5.39 Å². The van der Waals surface area contributed by atoms with Gasteiger partial charge in [-0.05, 0) is 44.5 Å². The molecule has 0 bridgehead atoms. The molecule has 0 amide bonds. The first kappa shape index (κ1) is 12.2. The minimum Gasteiger partial charge on any atom is -0.488 e. The van der Waals surface area contributed by atoms with Crippen molar-refractivity contribution in [1.29, 1.82) is 0 Å². The molecule has 0 unspecified atom stereocenters. The van der Waals surface area contributed by atoms with Crippen LogP contribution in [0.2, 0.25) is 0 Å². The molecule has 0 aliphatic carbocycles. The number of fused-ring (bicyclic) bond motifs is 1. The summed E-state index contributed by atoms with van der Waals surface area (Å²) in [6.07, 6.45) is 0. The van der Waals surface area contributed by atoms with Gasteiger partial charge in [-0.15, -0.1) is 11.3 Å². The number of aromatic nitrogens is 1. The Morgan fingerprint density at radius 2 is 2.05 bits per heavy atom. The lowest BCUT2D eigenvalue weighted by atomic mass is 10.1. The van der Waals surface area contributed by atoms with E-state index in [2.05, 4.69) is 4.98 Å². The highest BCUT2D eigenvalue weighted by Crippen LogP contribution is 2.28. The van der Waals surface area contributed by atoms with Crippen molar-refractivity contribution in [2.75, 3.05) is 0 Å².